The molecule has 0 spiro atoms. The molecule has 0 fully saturated rings. The van der Waals surface area contributed by atoms with Gasteiger partial charge in [0, 0.05) is 17.7 Å². The Morgan fingerprint density at radius 2 is 1.55 bits per heavy atom. The zero-order valence-corrected chi connectivity index (χ0v) is 8.07. The van der Waals surface area contributed by atoms with Gasteiger partial charge in [-0.1, -0.05) is 0 Å². The number of carbonyl (C=O) groups is 1. The van der Waals surface area contributed by atoms with Gasteiger partial charge in [-0.25, -0.2) is 0 Å². The molecular weight excluding hydrogens is 183 g/mol. The maximum absolute atomic E-state index is 10.4. The topological polar surface area (TPSA) is 17.1 Å². The second kappa shape index (κ2) is 8.35. The molecule has 0 aliphatic heterocycles. The van der Waals surface area contributed by atoms with Crippen molar-refractivity contribution in [2.75, 3.05) is 11.8 Å². The number of hydrogen-bond acceptors (Lipinski definition) is 1. The Morgan fingerprint density at radius 3 is 1.82 bits per heavy atom. The number of alkyl halides is 2. The number of hydrogen-bond donors (Lipinski definition) is 0. The third-order valence-electron chi connectivity index (χ3n) is 1.61. The van der Waals surface area contributed by atoms with Crippen LogP contribution in [0.1, 0.15) is 25.7 Å². The van der Waals surface area contributed by atoms with Crippen LogP contribution in [0.4, 0.5) is 0 Å². The molecule has 0 aliphatic rings. The highest BCUT2D eigenvalue weighted by atomic mass is 35.5. The van der Waals surface area contributed by atoms with Crippen LogP contribution >= 0.6 is 23.2 Å². The van der Waals surface area contributed by atoms with Crippen molar-refractivity contribution in [2.24, 2.45) is 5.92 Å². The van der Waals surface area contributed by atoms with Gasteiger partial charge in [-0.05, 0) is 25.7 Å². The third kappa shape index (κ3) is 6.64. The molecule has 0 heterocycles. The van der Waals surface area contributed by atoms with Crippen LogP contribution < -0.4 is 0 Å². The normalized spacial score (nSPS) is 10.5. The van der Waals surface area contributed by atoms with Gasteiger partial charge < -0.3 is 4.79 Å². The number of halogens is 2. The summed E-state index contributed by atoms with van der Waals surface area (Å²) in [6.45, 7) is 0. The first-order chi connectivity index (χ1) is 5.35. The highest BCUT2D eigenvalue weighted by molar-refractivity contribution is 6.18. The fourth-order valence-electron chi connectivity index (χ4n) is 0.959. The van der Waals surface area contributed by atoms with Gasteiger partial charge in [-0.15, -0.1) is 23.2 Å². The van der Waals surface area contributed by atoms with Crippen LogP contribution in [-0.4, -0.2) is 18.0 Å². The maximum Gasteiger partial charge on any atom is 0.123 e. The van der Waals surface area contributed by atoms with Crippen molar-refractivity contribution in [3.8, 4) is 0 Å². The largest absolute Gasteiger partial charge is 0.303 e. The number of carbonyl (C=O) groups excluding carboxylic acids is 1. The monoisotopic (exact) mass is 196 g/mol. The summed E-state index contributed by atoms with van der Waals surface area (Å²) in [6, 6.07) is 0. The molecule has 0 atom stereocenters. The number of rotatable bonds is 7. The summed E-state index contributed by atoms with van der Waals surface area (Å²) in [6.07, 6.45) is 4.67. The lowest BCUT2D eigenvalue weighted by molar-refractivity contribution is -0.111. The minimum atomic E-state index is 0.174. The van der Waals surface area contributed by atoms with E-state index in [4.69, 9.17) is 23.2 Å². The van der Waals surface area contributed by atoms with Gasteiger partial charge in [0.25, 0.3) is 0 Å². The van der Waals surface area contributed by atoms with Crippen LogP contribution in [0.3, 0.4) is 0 Å². The van der Waals surface area contributed by atoms with Crippen LogP contribution in [0.5, 0.6) is 0 Å². The van der Waals surface area contributed by atoms with Crippen molar-refractivity contribution >= 4 is 29.5 Å². The van der Waals surface area contributed by atoms with Crippen molar-refractivity contribution in [3.63, 3.8) is 0 Å². The van der Waals surface area contributed by atoms with E-state index >= 15 is 0 Å². The highest BCUT2D eigenvalue weighted by Crippen LogP contribution is 2.11. The van der Waals surface area contributed by atoms with Crippen LogP contribution in [-0.2, 0) is 4.79 Å². The van der Waals surface area contributed by atoms with Gasteiger partial charge >= 0.3 is 0 Å². The van der Waals surface area contributed by atoms with Crippen molar-refractivity contribution in [1.82, 2.24) is 0 Å². The first-order valence-corrected chi connectivity index (χ1v) is 4.99. The van der Waals surface area contributed by atoms with Crippen LogP contribution in [0.25, 0.3) is 0 Å². The molecule has 11 heavy (non-hydrogen) atoms. The van der Waals surface area contributed by atoms with E-state index in [1.54, 1.807) is 0 Å². The lowest BCUT2D eigenvalue weighted by Crippen LogP contribution is -2.02. The van der Waals surface area contributed by atoms with Crippen molar-refractivity contribution < 1.29 is 4.79 Å². The fraction of sp³-hybridized carbons (Fsp3) is 0.875. The minimum Gasteiger partial charge on any atom is -0.303 e. The van der Waals surface area contributed by atoms with Gasteiger partial charge in [-0.3, -0.25) is 0 Å². The molecule has 0 aliphatic carbocycles. The summed E-state index contributed by atoms with van der Waals surface area (Å²) in [7, 11) is 0. The van der Waals surface area contributed by atoms with E-state index < -0.39 is 0 Å². The van der Waals surface area contributed by atoms with Crippen LogP contribution in [0, 0.1) is 5.92 Å². The van der Waals surface area contributed by atoms with E-state index in [1.807, 2.05) is 0 Å². The predicted octanol–water partition coefficient (Wildman–Crippen LogP) is 2.84. The van der Waals surface area contributed by atoms with Gasteiger partial charge in [-0.2, -0.15) is 0 Å². The van der Waals surface area contributed by atoms with E-state index in [2.05, 4.69) is 0 Å². The summed E-state index contributed by atoms with van der Waals surface area (Å²) < 4.78 is 0. The molecular formula is C8H14Cl2O. The Hall–Kier alpha value is 0.250. The molecule has 3 heteroatoms. The standard InChI is InChI=1S/C8H14Cl2O/c9-5-1-3-8(7-11)4-2-6-10/h7-8H,1-6H2. The summed E-state index contributed by atoms with van der Waals surface area (Å²) in [5.74, 6) is 1.46. The Bertz CT molecular complexity index is 88.1. The zero-order chi connectivity index (χ0) is 8.53. The Kier molecular flexibility index (Phi) is 8.54. The predicted molar refractivity (Wildman–Crippen MR) is 49.5 cm³/mol. The molecule has 0 rings (SSSR count). The average molecular weight is 197 g/mol. The molecule has 0 aromatic carbocycles. The average Bonchev–Trinajstić information content (AvgIpc) is 2.05. The highest BCUT2D eigenvalue weighted by Gasteiger charge is 2.05. The molecule has 66 valence electrons. The molecule has 0 saturated heterocycles. The lowest BCUT2D eigenvalue weighted by atomic mass is 10.0. The third-order valence-corrected chi connectivity index (χ3v) is 2.14. The van der Waals surface area contributed by atoms with Crippen molar-refractivity contribution in [2.45, 2.75) is 25.7 Å². The Labute approximate surface area is 78.1 Å². The molecule has 0 N–H and O–H groups in total. The van der Waals surface area contributed by atoms with E-state index in [0.29, 0.717) is 11.8 Å². The molecule has 0 bridgehead atoms. The van der Waals surface area contributed by atoms with Crippen molar-refractivity contribution in [3.05, 3.63) is 0 Å². The smallest absolute Gasteiger partial charge is 0.123 e. The summed E-state index contributed by atoms with van der Waals surface area (Å²) in [5, 5.41) is 0. The minimum absolute atomic E-state index is 0.174. The van der Waals surface area contributed by atoms with Gasteiger partial charge in [0.15, 0.2) is 0 Å². The quantitative estimate of drug-likeness (QED) is 0.453. The molecule has 1 nitrogen and oxygen atoms in total. The molecule has 0 radical (unpaired) electrons. The van der Waals surface area contributed by atoms with Crippen LogP contribution in [0.2, 0.25) is 0 Å². The van der Waals surface area contributed by atoms with Crippen LogP contribution in [0.15, 0.2) is 0 Å². The summed E-state index contributed by atoms with van der Waals surface area (Å²) >= 11 is 11.0. The Morgan fingerprint density at radius 1 is 1.09 bits per heavy atom. The molecule has 0 saturated carbocycles. The lowest BCUT2D eigenvalue weighted by Gasteiger charge is -2.06. The van der Waals surface area contributed by atoms with E-state index in [-0.39, 0.29) is 5.92 Å². The summed E-state index contributed by atoms with van der Waals surface area (Å²) in [5.41, 5.74) is 0. The van der Waals surface area contributed by atoms with E-state index in [0.717, 1.165) is 32.0 Å². The fourth-order valence-corrected chi connectivity index (χ4v) is 1.27. The molecule has 0 unspecified atom stereocenters. The van der Waals surface area contributed by atoms with E-state index in [9.17, 15) is 4.79 Å². The second-order valence-electron chi connectivity index (χ2n) is 2.56. The van der Waals surface area contributed by atoms with Gasteiger partial charge in [0.1, 0.15) is 6.29 Å². The second-order valence-corrected chi connectivity index (χ2v) is 3.31. The van der Waals surface area contributed by atoms with Gasteiger partial charge in [0.05, 0.1) is 0 Å². The van der Waals surface area contributed by atoms with E-state index in [1.165, 1.54) is 0 Å². The maximum atomic E-state index is 10.4. The number of aldehydes is 1. The SMILES string of the molecule is O=CC(CCCCl)CCCCl. The first-order valence-electron chi connectivity index (χ1n) is 3.92. The van der Waals surface area contributed by atoms with Gasteiger partial charge in [0.2, 0.25) is 0 Å². The Balaban J connectivity index is 3.33. The molecule has 0 aromatic rings. The molecule has 0 amide bonds. The summed E-state index contributed by atoms with van der Waals surface area (Å²) in [4.78, 5) is 10.4. The first kappa shape index (κ1) is 11.2. The zero-order valence-electron chi connectivity index (χ0n) is 6.56. The molecule has 0 aromatic heterocycles. The van der Waals surface area contributed by atoms with Crippen molar-refractivity contribution in [1.29, 1.82) is 0 Å².